The third-order valence-electron chi connectivity index (χ3n) is 8.47. The maximum absolute atomic E-state index is 13.8. The summed E-state index contributed by atoms with van der Waals surface area (Å²) in [5.41, 5.74) is 0.348. The first kappa shape index (κ1) is 30.3. The minimum atomic E-state index is -1.14. The second-order valence-electron chi connectivity index (χ2n) is 12.3. The normalized spacial score (nSPS) is 22.2. The van der Waals surface area contributed by atoms with Crippen LogP contribution in [0, 0.1) is 5.41 Å². The number of carboxylic acids is 1. The highest BCUT2D eigenvalue weighted by Gasteiger charge is 2.54. The fraction of sp³-hybridized carbons (Fsp3) is 0.500. The Hall–Kier alpha value is -4.12. The third kappa shape index (κ3) is 7.27. The van der Waals surface area contributed by atoms with Crippen LogP contribution < -0.4 is 10.1 Å². The Kier molecular flexibility index (Phi) is 8.91. The van der Waals surface area contributed by atoms with E-state index in [0.29, 0.717) is 19.6 Å². The molecule has 0 saturated carbocycles. The third-order valence-corrected chi connectivity index (χ3v) is 8.47. The van der Waals surface area contributed by atoms with E-state index in [0.717, 1.165) is 44.2 Å². The molecule has 2 aromatic rings. The van der Waals surface area contributed by atoms with Gasteiger partial charge in [0.1, 0.15) is 18.0 Å². The zero-order valence-electron chi connectivity index (χ0n) is 24.7. The van der Waals surface area contributed by atoms with E-state index >= 15 is 0 Å². The van der Waals surface area contributed by atoms with E-state index < -0.39 is 29.7 Å². The first-order valence-electron chi connectivity index (χ1n) is 14.8. The van der Waals surface area contributed by atoms with Crippen LogP contribution in [0.3, 0.4) is 0 Å². The first-order valence-corrected chi connectivity index (χ1v) is 14.8. The van der Waals surface area contributed by atoms with Gasteiger partial charge in [0.2, 0.25) is 0 Å². The number of aliphatic carboxylic acids is 1. The summed E-state index contributed by atoms with van der Waals surface area (Å²) >= 11 is 0. The fourth-order valence-corrected chi connectivity index (χ4v) is 6.59. The number of carboxylic acid groups (broad SMARTS) is 1. The number of piperidine rings is 2. The van der Waals surface area contributed by atoms with E-state index in [-0.39, 0.29) is 41.5 Å². The molecule has 2 aromatic carbocycles. The highest BCUT2D eigenvalue weighted by molar-refractivity contribution is 6.03. The van der Waals surface area contributed by atoms with Gasteiger partial charge in [0.25, 0.3) is 5.91 Å². The van der Waals surface area contributed by atoms with Gasteiger partial charge >= 0.3 is 18.0 Å². The molecule has 0 bridgehead atoms. The number of anilines is 1. The summed E-state index contributed by atoms with van der Waals surface area (Å²) in [4.78, 5) is 54.4. The van der Waals surface area contributed by atoms with E-state index in [4.69, 9.17) is 19.3 Å². The number of carbonyl (C=O) groups is 4. The van der Waals surface area contributed by atoms with E-state index in [1.54, 1.807) is 4.90 Å². The van der Waals surface area contributed by atoms with Crippen LogP contribution in [-0.2, 0) is 25.7 Å². The minimum Gasteiger partial charge on any atom is -0.482 e. The van der Waals surface area contributed by atoms with Crippen LogP contribution >= 0.6 is 0 Å². The number of likely N-dealkylation sites (tertiary alicyclic amines) is 2. The van der Waals surface area contributed by atoms with Crippen LogP contribution in [0.15, 0.2) is 48.5 Å². The van der Waals surface area contributed by atoms with E-state index in [9.17, 15) is 19.2 Å². The molecule has 230 valence electrons. The Morgan fingerprint density at radius 3 is 2.49 bits per heavy atom. The number of nitrogens with zero attached hydrogens (tertiary/aromatic N) is 2. The zero-order valence-corrected chi connectivity index (χ0v) is 24.7. The summed E-state index contributed by atoms with van der Waals surface area (Å²) in [6.07, 6.45) is 3.27. The van der Waals surface area contributed by atoms with Crippen molar-refractivity contribution in [1.29, 1.82) is 0 Å². The van der Waals surface area contributed by atoms with E-state index in [1.165, 1.54) is 18.2 Å². The number of hydrogen-bond acceptors (Lipinski definition) is 8. The molecule has 3 heterocycles. The number of carbonyl (C=O) groups excluding carboxylic acids is 3. The number of cyclic esters (lactones) is 1. The lowest BCUT2D eigenvalue weighted by Crippen LogP contribution is -2.53. The van der Waals surface area contributed by atoms with Crippen LogP contribution in [-0.4, -0.2) is 83.3 Å². The minimum absolute atomic E-state index is 0.0658. The molecule has 43 heavy (non-hydrogen) atoms. The molecule has 1 spiro atoms. The molecule has 3 aliphatic rings. The molecule has 5 rings (SSSR count). The van der Waals surface area contributed by atoms with Gasteiger partial charge in [-0.25, -0.2) is 9.59 Å². The first-order chi connectivity index (χ1) is 20.5. The molecule has 3 fully saturated rings. The van der Waals surface area contributed by atoms with Crippen molar-refractivity contribution in [3.05, 3.63) is 59.7 Å². The molecule has 11 nitrogen and oxygen atoms in total. The van der Waals surface area contributed by atoms with Gasteiger partial charge in [-0.1, -0.05) is 30.3 Å². The Morgan fingerprint density at radius 1 is 1.07 bits per heavy atom. The van der Waals surface area contributed by atoms with Gasteiger partial charge in [-0.3, -0.25) is 19.8 Å². The van der Waals surface area contributed by atoms with Crippen LogP contribution in [0.25, 0.3) is 0 Å². The van der Waals surface area contributed by atoms with Gasteiger partial charge in [0, 0.05) is 32.1 Å². The van der Waals surface area contributed by atoms with Gasteiger partial charge in [0.15, 0.2) is 6.61 Å². The van der Waals surface area contributed by atoms with Gasteiger partial charge in [-0.2, -0.15) is 0 Å². The van der Waals surface area contributed by atoms with Gasteiger partial charge in [-0.15, -0.1) is 0 Å². The van der Waals surface area contributed by atoms with E-state index in [2.05, 4.69) is 10.2 Å². The second kappa shape index (κ2) is 12.6. The van der Waals surface area contributed by atoms with Crippen molar-refractivity contribution in [1.82, 2.24) is 9.80 Å². The number of ether oxygens (including phenoxy) is 3. The largest absolute Gasteiger partial charge is 0.482 e. The molecule has 1 atom stereocenters. The van der Waals surface area contributed by atoms with Crippen LogP contribution in [0.2, 0.25) is 0 Å². The highest BCUT2D eigenvalue weighted by Crippen LogP contribution is 2.46. The molecule has 3 saturated heterocycles. The molecule has 1 unspecified atom stereocenters. The van der Waals surface area contributed by atoms with Crippen LogP contribution in [0.4, 0.5) is 10.5 Å². The Morgan fingerprint density at radius 2 is 1.81 bits per heavy atom. The van der Waals surface area contributed by atoms with Crippen molar-refractivity contribution in [3.8, 4) is 5.75 Å². The van der Waals surface area contributed by atoms with Crippen LogP contribution in [0.5, 0.6) is 5.75 Å². The summed E-state index contributed by atoms with van der Waals surface area (Å²) in [5, 5.41) is 11.7. The molecule has 3 aliphatic heterocycles. The fourth-order valence-electron chi connectivity index (χ4n) is 6.59. The number of rotatable bonds is 8. The Balaban J connectivity index is 1.24. The van der Waals surface area contributed by atoms with Crippen molar-refractivity contribution in [3.63, 3.8) is 0 Å². The Bertz CT molecular complexity index is 1360. The predicted octanol–water partition coefficient (Wildman–Crippen LogP) is 4.31. The maximum atomic E-state index is 13.8. The molecule has 11 heteroatoms. The number of amides is 2. The second-order valence-corrected chi connectivity index (χ2v) is 12.3. The van der Waals surface area contributed by atoms with Gasteiger partial charge < -0.3 is 24.2 Å². The number of benzene rings is 2. The summed E-state index contributed by atoms with van der Waals surface area (Å²) < 4.78 is 16.3. The molecule has 2 N–H and O–H groups in total. The lowest BCUT2D eigenvalue weighted by molar-refractivity contribution is -0.154. The van der Waals surface area contributed by atoms with Gasteiger partial charge in [-0.05, 0) is 69.8 Å². The van der Waals surface area contributed by atoms with Crippen LogP contribution in [0.1, 0.15) is 61.9 Å². The Labute approximate surface area is 251 Å². The summed E-state index contributed by atoms with van der Waals surface area (Å²) in [6.45, 7) is 6.03. The monoisotopic (exact) mass is 593 g/mol. The highest BCUT2D eigenvalue weighted by atomic mass is 16.6. The SMILES string of the molecule is CC1(C)CC2(CCCN(C3CCN(C(=O)c4cc(OCC(=O)O)ccc4NC(=O)OCc4ccccc4)CC3)C2)C(=O)O1. The summed E-state index contributed by atoms with van der Waals surface area (Å²) in [5.74, 6) is -1.33. The van der Waals surface area contributed by atoms with Crippen molar-refractivity contribution in [2.75, 3.05) is 38.1 Å². The smallest absolute Gasteiger partial charge is 0.411 e. The molecule has 2 amide bonds. The number of esters is 1. The molecular formula is C32H39N3O8. The lowest BCUT2D eigenvalue weighted by atomic mass is 9.74. The van der Waals surface area contributed by atoms with Crippen molar-refractivity contribution in [2.45, 2.75) is 64.2 Å². The molecule has 0 radical (unpaired) electrons. The standard InChI is InChI=1S/C32H39N3O8/c1-31(2)20-32(29(39)43-31)13-6-14-35(21-32)23-11-15-34(16-12-23)28(38)25-17-24(41-19-27(36)37)9-10-26(25)33-30(40)42-18-22-7-4-3-5-8-22/h3-5,7-10,17,23H,6,11-16,18-21H2,1-2H3,(H,33,40)(H,36,37). The van der Waals surface area contributed by atoms with E-state index in [1.807, 2.05) is 44.2 Å². The average Bonchev–Trinajstić information content (AvgIpc) is 3.21. The van der Waals surface area contributed by atoms with Crippen molar-refractivity contribution < 1.29 is 38.5 Å². The molecule has 0 aliphatic carbocycles. The average molecular weight is 594 g/mol. The lowest BCUT2D eigenvalue weighted by Gasteiger charge is -2.44. The number of hydrogen-bond donors (Lipinski definition) is 2. The predicted molar refractivity (Wildman–Crippen MR) is 157 cm³/mol. The quantitative estimate of drug-likeness (QED) is 0.429. The van der Waals surface area contributed by atoms with Crippen molar-refractivity contribution >= 4 is 29.6 Å². The summed E-state index contributed by atoms with van der Waals surface area (Å²) in [6, 6.07) is 13.9. The number of nitrogens with one attached hydrogen (secondary N) is 1. The molecular weight excluding hydrogens is 554 g/mol. The van der Waals surface area contributed by atoms with Crippen molar-refractivity contribution in [2.24, 2.45) is 5.41 Å². The topological polar surface area (TPSA) is 135 Å². The van der Waals surface area contributed by atoms with Gasteiger partial charge in [0.05, 0.1) is 16.7 Å². The maximum Gasteiger partial charge on any atom is 0.411 e. The summed E-state index contributed by atoms with van der Waals surface area (Å²) in [7, 11) is 0. The zero-order chi connectivity index (χ0) is 30.6. The molecule has 0 aromatic heterocycles.